The molecule has 2 aliphatic rings. The lowest BCUT2D eigenvalue weighted by Gasteiger charge is -2.16. The van der Waals surface area contributed by atoms with E-state index in [-0.39, 0.29) is 5.91 Å². The van der Waals surface area contributed by atoms with E-state index >= 15 is 0 Å². The van der Waals surface area contributed by atoms with E-state index < -0.39 is 0 Å². The maximum atomic E-state index is 12.8. The minimum atomic E-state index is 0.0447. The number of likely N-dealkylation sites (tertiary alicyclic amines) is 1. The first-order chi connectivity index (χ1) is 13.0. The number of hydrogen-bond donors (Lipinski definition) is 1. The zero-order valence-corrected chi connectivity index (χ0v) is 16.5. The molecule has 0 bridgehead atoms. The lowest BCUT2D eigenvalue weighted by Crippen LogP contribution is -2.28. The van der Waals surface area contributed by atoms with Gasteiger partial charge < -0.3 is 4.90 Å². The molecule has 2 aromatic heterocycles. The van der Waals surface area contributed by atoms with Crippen molar-refractivity contribution in [2.75, 3.05) is 13.1 Å². The third-order valence-corrected chi connectivity index (χ3v) is 5.70. The SMILES string of the molecule is Cc1cc(C2=CCCC2)cc(C2CCN(C(=O)c3cc(C(C)C)n[nH]3)C2)n1. The molecule has 2 aromatic rings. The highest BCUT2D eigenvalue weighted by molar-refractivity contribution is 5.92. The molecule has 1 aliphatic heterocycles. The second-order valence-electron chi connectivity index (χ2n) is 8.14. The summed E-state index contributed by atoms with van der Waals surface area (Å²) in [4.78, 5) is 19.6. The molecule has 4 rings (SSSR count). The number of carbonyl (C=O) groups excluding carboxylic acids is 1. The van der Waals surface area contributed by atoms with Crippen molar-refractivity contribution in [3.05, 3.63) is 52.6 Å². The number of allylic oxidation sites excluding steroid dienone is 2. The normalized spacial score (nSPS) is 19.8. The first-order valence-corrected chi connectivity index (χ1v) is 10.0. The average Bonchev–Trinajstić information content (AvgIpc) is 3.42. The van der Waals surface area contributed by atoms with Crippen LogP contribution in [0.3, 0.4) is 0 Å². The summed E-state index contributed by atoms with van der Waals surface area (Å²) in [5.41, 5.74) is 6.48. The molecule has 1 aliphatic carbocycles. The Morgan fingerprint density at radius 1 is 1.30 bits per heavy atom. The van der Waals surface area contributed by atoms with E-state index in [4.69, 9.17) is 4.98 Å². The Morgan fingerprint density at radius 3 is 2.85 bits per heavy atom. The van der Waals surface area contributed by atoms with Gasteiger partial charge in [0.25, 0.3) is 5.91 Å². The van der Waals surface area contributed by atoms with E-state index in [0.29, 0.717) is 17.5 Å². The fourth-order valence-electron chi connectivity index (χ4n) is 4.12. The Hall–Kier alpha value is -2.43. The van der Waals surface area contributed by atoms with Crippen molar-refractivity contribution >= 4 is 11.5 Å². The highest BCUT2D eigenvalue weighted by atomic mass is 16.2. The van der Waals surface area contributed by atoms with Crippen LogP contribution in [0.1, 0.15) is 84.5 Å². The molecule has 1 saturated heterocycles. The van der Waals surface area contributed by atoms with E-state index in [9.17, 15) is 4.79 Å². The molecule has 3 heterocycles. The number of rotatable bonds is 4. The van der Waals surface area contributed by atoms with Crippen molar-refractivity contribution in [3.63, 3.8) is 0 Å². The minimum absolute atomic E-state index is 0.0447. The quantitative estimate of drug-likeness (QED) is 0.873. The van der Waals surface area contributed by atoms with Crippen LogP contribution in [-0.2, 0) is 0 Å². The largest absolute Gasteiger partial charge is 0.337 e. The van der Waals surface area contributed by atoms with Crippen molar-refractivity contribution in [2.45, 2.75) is 58.3 Å². The van der Waals surface area contributed by atoms with Crippen LogP contribution >= 0.6 is 0 Å². The van der Waals surface area contributed by atoms with Crippen LogP contribution in [0.2, 0.25) is 0 Å². The number of hydrogen-bond acceptors (Lipinski definition) is 3. The Kier molecular flexibility index (Phi) is 4.85. The predicted molar refractivity (Wildman–Crippen MR) is 107 cm³/mol. The third kappa shape index (κ3) is 3.68. The van der Waals surface area contributed by atoms with Crippen LogP contribution in [0, 0.1) is 6.92 Å². The molecule has 1 atom stereocenters. The van der Waals surface area contributed by atoms with Crippen LogP contribution < -0.4 is 0 Å². The van der Waals surface area contributed by atoms with Gasteiger partial charge in [0.1, 0.15) is 5.69 Å². The lowest BCUT2D eigenvalue weighted by atomic mass is 9.98. The maximum absolute atomic E-state index is 12.8. The van der Waals surface area contributed by atoms with E-state index in [1.54, 1.807) is 0 Å². The summed E-state index contributed by atoms with van der Waals surface area (Å²) in [5, 5.41) is 7.17. The smallest absolute Gasteiger partial charge is 0.271 e. The summed E-state index contributed by atoms with van der Waals surface area (Å²) in [6.45, 7) is 7.73. The molecular weight excluding hydrogens is 336 g/mol. The Bertz CT molecular complexity index is 880. The molecule has 0 aromatic carbocycles. The van der Waals surface area contributed by atoms with Gasteiger partial charge in [-0.25, -0.2) is 0 Å². The molecule has 1 amide bonds. The monoisotopic (exact) mass is 364 g/mol. The second-order valence-corrected chi connectivity index (χ2v) is 8.14. The zero-order chi connectivity index (χ0) is 19.0. The van der Waals surface area contributed by atoms with Crippen LogP contribution in [0.15, 0.2) is 24.3 Å². The van der Waals surface area contributed by atoms with E-state index in [1.807, 2.05) is 11.0 Å². The van der Waals surface area contributed by atoms with Gasteiger partial charge in [-0.2, -0.15) is 5.10 Å². The van der Waals surface area contributed by atoms with Crippen LogP contribution in [0.25, 0.3) is 5.57 Å². The summed E-state index contributed by atoms with van der Waals surface area (Å²) < 4.78 is 0. The van der Waals surface area contributed by atoms with Gasteiger partial charge in [-0.05, 0) is 67.9 Å². The van der Waals surface area contributed by atoms with Gasteiger partial charge in [-0.3, -0.25) is 14.9 Å². The van der Waals surface area contributed by atoms with E-state index in [1.165, 1.54) is 24.0 Å². The third-order valence-electron chi connectivity index (χ3n) is 5.70. The standard InChI is InChI=1S/C22H28N4O/c1-14(2)19-12-21(25-24-19)22(27)26-9-8-17(13-26)20-11-18(10-15(3)23-20)16-6-4-5-7-16/h6,10-12,14,17H,4-5,7-9,13H2,1-3H3,(H,24,25). The number of aromatic amines is 1. The number of aromatic nitrogens is 3. The maximum Gasteiger partial charge on any atom is 0.271 e. The van der Waals surface area contributed by atoms with Gasteiger partial charge in [0.15, 0.2) is 0 Å². The molecule has 0 radical (unpaired) electrons. The highest BCUT2D eigenvalue weighted by Crippen LogP contribution is 2.32. The number of H-pyrrole nitrogens is 1. The average molecular weight is 364 g/mol. The Morgan fingerprint density at radius 2 is 2.15 bits per heavy atom. The van der Waals surface area contributed by atoms with Gasteiger partial charge in [-0.15, -0.1) is 0 Å². The number of nitrogens with zero attached hydrogens (tertiary/aromatic N) is 3. The molecule has 1 unspecified atom stereocenters. The summed E-state index contributed by atoms with van der Waals surface area (Å²) >= 11 is 0. The summed E-state index contributed by atoms with van der Waals surface area (Å²) in [7, 11) is 0. The van der Waals surface area contributed by atoms with Gasteiger partial charge in [-0.1, -0.05) is 19.9 Å². The molecule has 142 valence electrons. The van der Waals surface area contributed by atoms with Crippen molar-refractivity contribution < 1.29 is 4.79 Å². The topological polar surface area (TPSA) is 61.9 Å². The molecule has 1 fully saturated rings. The number of aryl methyl sites for hydroxylation is 1. The van der Waals surface area contributed by atoms with Crippen LogP contribution in [0.5, 0.6) is 0 Å². The summed E-state index contributed by atoms with van der Waals surface area (Å²) in [6, 6.07) is 6.32. The Balaban J connectivity index is 1.50. The number of carbonyl (C=O) groups is 1. The van der Waals surface area contributed by atoms with Gasteiger partial charge in [0.05, 0.1) is 5.69 Å². The van der Waals surface area contributed by atoms with Gasteiger partial charge in [0, 0.05) is 30.4 Å². The molecule has 27 heavy (non-hydrogen) atoms. The molecule has 1 N–H and O–H groups in total. The van der Waals surface area contributed by atoms with Crippen molar-refractivity contribution in [3.8, 4) is 0 Å². The van der Waals surface area contributed by atoms with Crippen molar-refractivity contribution in [1.82, 2.24) is 20.1 Å². The molecular formula is C22H28N4O. The molecule has 0 saturated carbocycles. The summed E-state index contributed by atoms with van der Waals surface area (Å²) in [5.74, 6) is 0.666. The summed E-state index contributed by atoms with van der Waals surface area (Å²) in [6.07, 6.45) is 6.91. The Labute approximate surface area is 160 Å². The lowest BCUT2D eigenvalue weighted by molar-refractivity contribution is 0.0785. The fourth-order valence-corrected chi connectivity index (χ4v) is 4.12. The van der Waals surface area contributed by atoms with Gasteiger partial charge in [0.2, 0.25) is 0 Å². The zero-order valence-electron chi connectivity index (χ0n) is 16.5. The number of pyridine rings is 1. The van der Waals surface area contributed by atoms with E-state index in [0.717, 1.165) is 43.0 Å². The van der Waals surface area contributed by atoms with Crippen molar-refractivity contribution in [2.24, 2.45) is 0 Å². The minimum Gasteiger partial charge on any atom is -0.337 e. The van der Waals surface area contributed by atoms with Crippen molar-refractivity contribution in [1.29, 1.82) is 0 Å². The van der Waals surface area contributed by atoms with Crippen LogP contribution in [0.4, 0.5) is 0 Å². The number of nitrogens with one attached hydrogen (secondary N) is 1. The van der Waals surface area contributed by atoms with Crippen LogP contribution in [-0.4, -0.2) is 39.1 Å². The van der Waals surface area contributed by atoms with E-state index in [2.05, 4.69) is 49.2 Å². The highest BCUT2D eigenvalue weighted by Gasteiger charge is 2.30. The molecule has 5 heteroatoms. The number of amides is 1. The first kappa shape index (κ1) is 18.0. The first-order valence-electron chi connectivity index (χ1n) is 10.0. The van der Waals surface area contributed by atoms with Gasteiger partial charge >= 0.3 is 0 Å². The molecule has 0 spiro atoms. The second kappa shape index (κ2) is 7.29. The molecule has 5 nitrogen and oxygen atoms in total. The predicted octanol–water partition coefficient (Wildman–Crippen LogP) is 4.43. The fraction of sp³-hybridized carbons (Fsp3) is 0.500.